The molecule has 23 heavy (non-hydrogen) atoms. The van der Waals surface area contributed by atoms with E-state index < -0.39 is 0 Å². The van der Waals surface area contributed by atoms with Crippen molar-refractivity contribution in [3.8, 4) is 6.07 Å². The van der Waals surface area contributed by atoms with Crippen LogP contribution in [0.2, 0.25) is 0 Å². The van der Waals surface area contributed by atoms with E-state index in [-0.39, 0.29) is 17.4 Å². The van der Waals surface area contributed by atoms with Crippen molar-refractivity contribution in [1.29, 1.82) is 5.26 Å². The predicted molar refractivity (Wildman–Crippen MR) is 87.2 cm³/mol. The summed E-state index contributed by atoms with van der Waals surface area (Å²) in [5.74, 6) is -0.119. The van der Waals surface area contributed by atoms with E-state index in [0.717, 1.165) is 38.8 Å². The van der Waals surface area contributed by atoms with Crippen LogP contribution in [-0.4, -0.2) is 53.8 Å². The molecular weight excluding hydrogens is 292 g/mol. The summed E-state index contributed by atoms with van der Waals surface area (Å²) in [7, 11) is 0. The molecule has 2 heterocycles. The van der Waals surface area contributed by atoms with Crippen molar-refractivity contribution in [1.82, 2.24) is 15.1 Å². The smallest absolute Gasteiger partial charge is 0.263 e. The van der Waals surface area contributed by atoms with E-state index in [1.54, 1.807) is 6.20 Å². The second-order valence-electron chi connectivity index (χ2n) is 6.33. The Morgan fingerprint density at radius 1 is 1.39 bits per heavy atom. The molecule has 0 aliphatic carbocycles. The van der Waals surface area contributed by atoms with Gasteiger partial charge in [-0.2, -0.15) is 5.26 Å². The maximum absolute atomic E-state index is 12.1. The molecule has 0 aromatic heterocycles. The van der Waals surface area contributed by atoms with Crippen molar-refractivity contribution in [3.63, 3.8) is 0 Å². The van der Waals surface area contributed by atoms with Gasteiger partial charge in [-0.1, -0.05) is 0 Å². The molecule has 2 aliphatic rings. The minimum Gasteiger partial charge on any atom is -0.373 e. The molecule has 0 saturated carbocycles. The number of carbonyl (C=O) groups is 2. The lowest BCUT2D eigenvalue weighted by atomic mass is 10.0. The summed E-state index contributed by atoms with van der Waals surface area (Å²) in [5, 5.41) is 12.0. The highest BCUT2D eigenvalue weighted by Gasteiger charge is 2.20. The van der Waals surface area contributed by atoms with Crippen molar-refractivity contribution >= 4 is 11.8 Å². The van der Waals surface area contributed by atoms with Crippen LogP contribution in [0.3, 0.4) is 0 Å². The Labute approximate surface area is 138 Å². The van der Waals surface area contributed by atoms with Crippen molar-refractivity contribution in [2.75, 3.05) is 26.2 Å². The van der Waals surface area contributed by atoms with E-state index in [9.17, 15) is 14.9 Å². The average Bonchev–Trinajstić information content (AvgIpc) is 2.95. The summed E-state index contributed by atoms with van der Waals surface area (Å²) in [5.41, 5.74) is 0.163. The van der Waals surface area contributed by atoms with Gasteiger partial charge in [-0.25, -0.2) is 0 Å². The molecule has 0 bridgehead atoms. The second-order valence-corrected chi connectivity index (χ2v) is 6.33. The molecule has 2 amide bonds. The fourth-order valence-electron chi connectivity index (χ4n) is 3.12. The normalized spacial score (nSPS) is 22.2. The van der Waals surface area contributed by atoms with Gasteiger partial charge >= 0.3 is 0 Å². The van der Waals surface area contributed by atoms with Crippen molar-refractivity contribution in [2.45, 2.75) is 51.5 Å². The number of piperidine rings is 1. The minimum atomic E-state index is -0.321. The predicted octanol–water partition coefficient (Wildman–Crippen LogP) is 1.40. The number of rotatable bonds is 6. The van der Waals surface area contributed by atoms with E-state index in [0.29, 0.717) is 25.6 Å². The van der Waals surface area contributed by atoms with Crippen LogP contribution in [0.4, 0.5) is 0 Å². The quantitative estimate of drug-likeness (QED) is 0.456. The van der Waals surface area contributed by atoms with Gasteiger partial charge in [-0.05, 0) is 39.0 Å². The number of hydrogen-bond donors (Lipinski definition) is 1. The van der Waals surface area contributed by atoms with Gasteiger partial charge in [0.05, 0.1) is 0 Å². The summed E-state index contributed by atoms with van der Waals surface area (Å²) in [6.07, 6.45) is 7.39. The Morgan fingerprint density at radius 2 is 2.22 bits per heavy atom. The minimum absolute atomic E-state index is 0.163. The Hall–Kier alpha value is -2.03. The first-order valence-corrected chi connectivity index (χ1v) is 8.55. The van der Waals surface area contributed by atoms with E-state index in [4.69, 9.17) is 0 Å². The average molecular weight is 318 g/mol. The fraction of sp³-hybridized carbons (Fsp3) is 0.706. The molecule has 2 saturated heterocycles. The molecule has 0 radical (unpaired) electrons. The first-order valence-electron chi connectivity index (χ1n) is 8.55. The van der Waals surface area contributed by atoms with Gasteiger partial charge in [0.2, 0.25) is 5.91 Å². The van der Waals surface area contributed by atoms with Gasteiger partial charge in [0.25, 0.3) is 5.91 Å². The fourth-order valence-corrected chi connectivity index (χ4v) is 3.12. The van der Waals surface area contributed by atoms with Crippen LogP contribution < -0.4 is 5.32 Å². The second kappa shape index (κ2) is 8.56. The Bertz CT molecular complexity index is 509. The SMILES string of the molecule is CC1CCCCN1/C=C(/C#N)C(=O)NCCCN1CCCC1=O. The van der Waals surface area contributed by atoms with Crippen LogP contribution in [0.5, 0.6) is 0 Å². The first kappa shape index (κ1) is 17.3. The first-order chi connectivity index (χ1) is 11.1. The number of carbonyl (C=O) groups excluding carboxylic acids is 2. The zero-order valence-electron chi connectivity index (χ0n) is 13.9. The van der Waals surface area contributed by atoms with Gasteiger partial charge < -0.3 is 15.1 Å². The van der Waals surface area contributed by atoms with Crippen LogP contribution in [0.25, 0.3) is 0 Å². The van der Waals surface area contributed by atoms with Crippen LogP contribution in [0.1, 0.15) is 45.4 Å². The standard InChI is InChI=1S/C17H26N4O2/c1-14-6-2-3-9-21(14)13-15(12-18)17(23)19-8-5-11-20-10-4-7-16(20)22/h13-14H,2-11H2,1H3,(H,19,23)/b15-13-. The third-order valence-corrected chi connectivity index (χ3v) is 4.58. The Balaban J connectivity index is 1.76. The zero-order valence-corrected chi connectivity index (χ0v) is 13.9. The highest BCUT2D eigenvalue weighted by atomic mass is 16.2. The summed E-state index contributed by atoms with van der Waals surface area (Å²) in [6, 6.07) is 2.38. The summed E-state index contributed by atoms with van der Waals surface area (Å²) >= 11 is 0. The molecule has 6 heteroatoms. The lowest BCUT2D eigenvalue weighted by molar-refractivity contribution is -0.127. The zero-order chi connectivity index (χ0) is 16.7. The molecule has 6 nitrogen and oxygen atoms in total. The van der Waals surface area contributed by atoms with Crippen LogP contribution in [-0.2, 0) is 9.59 Å². The Kier molecular flexibility index (Phi) is 6.45. The lowest BCUT2D eigenvalue weighted by Gasteiger charge is -2.32. The van der Waals surface area contributed by atoms with Gasteiger partial charge in [0.1, 0.15) is 11.6 Å². The summed E-state index contributed by atoms with van der Waals surface area (Å²) < 4.78 is 0. The molecule has 1 unspecified atom stereocenters. The molecule has 0 spiro atoms. The van der Waals surface area contributed by atoms with E-state index in [1.807, 2.05) is 11.0 Å². The number of amides is 2. The lowest BCUT2D eigenvalue weighted by Crippen LogP contribution is -2.35. The van der Waals surface area contributed by atoms with Crippen LogP contribution >= 0.6 is 0 Å². The third kappa shape index (κ3) is 4.98. The number of hydrogen-bond acceptors (Lipinski definition) is 4. The molecule has 1 atom stereocenters. The maximum atomic E-state index is 12.1. The van der Waals surface area contributed by atoms with Crippen molar-refractivity contribution < 1.29 is 9.59 Å². The Morgan fingerprint density at radius 3 is 2.87 bits per heavy atom. The third-order valence-electron chi connectivity index (χ3n) is 4.58. The van der Waals surface area contributed by atoms with Crippen LogP contribution in [0.15, 0.2) is 11.8 Å². The summed E-state index contributed by atoms with van der Waals surface area (Å²) in [4.78, 5) is 27.5. The van der Waals surface area contributed by atoms with E-state index in [1.165, 1.54) is 6.42 Å². The molecule has 2 fully saturated rings. The van der Waals surface area contributed by atoms with Gasteiger partial charge in [-0.3, -0.25) is 9.59 Å². The van der Waals surface area contributed by atoms with Crippen LogP contribution in [0, 0.1) is 11.3 Å². The van der Waals surface area contributed by atoms with Gasteiger partial charge in [0.15, 0.2) is 0 Å². The van der Waals surface area contributed by atoms with Gasteiger partial charge in [-0.15, -0.1) is 0 Å². The van der Waals surface area contributed by atoms with Crippen molar-refractivity contribution in [2.24, 2.45) is 0 Å². The molecule has 2 aliphatic heterocycles. The molecule has 1 N–H and O–H groups in total. The van der Waals surface area contributed by atoms with Gasteiger partial charge in [0, 0.05) is 44.8 Å². The van der Waals surface area contributed by atoms with E-state index in [2.05, 4.69) is 17.1 Å². The summed E-state index contributed by atoms with van der Waals surface area (Å²) in [6.45, 7) is 5.00. The highest BCUT2D eigenvalue weighted by Crippen LogP contribution is 2.17. The highest BCUT2D eigenvalue weighted by molar-refractivity contribution is 5.97. The number of nitrogens with zero attached hydrogens (tertiary/aromatic N) is 3. The molecule has 126 valence electrons. The molecule has 0 aromatic carbocycles. The molecular formula is C17H26N4O2. The number of nitriles is 1. The van der Waals surface area contributed by atoms with E-state index >= 15 is 0 Å². The number of likely N-dealkylation sites (tertiary alicyclic amines) is 2. The molecule has 2 rings (SSSR count). The largest absolute Gasteiger partial charge is 0.373 e. The van der Waals surface area contributed by atoms with Crippen molar-refractivity contribution in [3.05, 3.63) is 11.8 Å². The maximum Gasteiger partial charge on any atom is 0.263 e. The molecule has 0 aromatic rings. The topological polar surface area (TPSA) is 76.4 Å². The number of nitrogens with one attached hydrogen (secondary N) is 1. The monoisotopic (exact) mass is 318 g/mol.